The molecule has 0 radical (unpaired) electrons. The molecule has 0 aliphatic carbocycles. The van der Waals surface area contributed by atoms with E-state index in [0.29, 0.717) is 0 Å². The van der Waals surface area contributed by atoms with Crippen LogP contribution in [0.4, 0.5) is 0 Å². The van der Waals surface area contributed by atoms with E-state index in [2.05, 4.69) is 128 Å². The van der Waals surface area contributed by atoms with Gasteiger partial charge in [0.15, 0.2) is 8.32 Å². The second-order valence-corrected chi connectivity index (χ2v) is 13.7. The van der Waals surface area contributed by atoms with Gasteiger partial charge in [0.05, 0.1) is 6.04 Å². The van der Waals surface area contributed by atoms with E-state index in [1.807, 2.05) is 0 Å². The van der Waals surface area contributed by atoms with E-state index in [0.717, 1.165) is 13.0 Å². The lowest BCUT2D eigenvalue weighted by Crippen LogP contribution is -2.53. The summed E-state index contributed by atoms with van der Waals surface area (Å²) in [6.45, 7) is 7.94. The Morgan fingerprint density at radius 1 is 0.806 bits per heavy atom. The average Bonchev–Trinajstić information content (AvgIpc) is 3.26. The first-order chi connectivity index (χ1) is 15.0. The molecule has 0 bridgehead atoms. The van der Waals surface area contributed by atoms with E-state index < -0.39 is 13.9 Å². The Kier molecular flexibility index (Phi) is 6.45. The molecule has 31 heavy (non-hydrogen) atoms. The van der Waals surface area contributed by atoms with Gasteiger partial charge in [-0.15, -0.1) is 0 Å². The number of rotatable bonds is 7. The third-order valence-electron chi connectivity index (χ3n) is 5.89. The number of benzene rings is 3. The van der Waals surface area contributed by atoms with Crippen LogP contribution in [0, 0.1) is 0 Å². The zero-order chi connectivity index (χ0) is 21.7. The molecule has 0 spiro atoms. The summed E-state index contributed by atoms with van der Waals surface area (Å²) in [5.74, 6) is 0. The maximum Gasteiger partial charge on any atom is 0.185 e. The predicted octanol–water partition coefficient (Wildman–Crippen LogP) is 6.92. The van der Waals surface area contributed by atoms with Crippen molar-refractivity contribution in [3.05, 3.63) is 114 Å². The van der Waals surface area contributed by atoms with Gasteiger partial charge in [0.25, 0.3) is 0 Å². The van der Waals surface area contributed by atoms with Gasteiger partial charge in [-0.25, -0.2) is 0 Å². The van der Waals surface area contributed by atoms with Gasteiger partial charge >= 0.3 is 0 Å². The molecule has 160 valence electrons. The summed E-state index contributed by atoms with van der Waals surface area (Å²) in [6, 6.07) is 32.5. The van der Waals surface area contributed by atoms with Gasteiger partial charge in [0.1, 0.15) is 5.60 Å². The molecule has 0 N–H and O–H groups in total. The lowest BCUT2D eigenvalue weighted by Gasteiger charge is -2.47. The highest BCUT2D eigenvalue weighted by molar-refractivity contribution is 6.69. The summed E-state index contributed by atoms with van der Waals surface area (Å²) in [6.07, 6.45) is 6.78. The summed E-state index contributed by atoms with van der Waals surface area (Å²) >= 11 is 0. The van der Waals surface area contributed by atoms with Crippen molar-refractivity contribution in [2.75, 3.05) is 6.54 Å². The highest BCUT2D eigenvalue weighted by Gasteiger charge is 2.49. The minimum atomic E-state index is -1.89. The van der Waals surface area contributed by atoms with Crippen LogP contribution in [0.3, 0.4) is 0 Å². The summed E-state index contributed by atoms with van der Waals surface area (Å²) < 4.78 is 7.23. The van der Waals surface area contributed by atoms with Crippen molar-refractivity contribution >= 4 is 14.4 Å². The Hall–Kier alpha value is -2.62. The molecule has 2 nitrogen and oxygen atoms in total. The minimum absolute atomic E-state index is 0.240. The Labute approximate surface area is 188 Å². The van der Waals surface area contributed by atoms with E-state index in [-0.39, 0.29) is 6.04 Å². The largest absolute Gasteiger partial charge is 0.402 e. The van der Waals surface area contributed by atoms with Crippen LogP contribution in [0.5, 0.6) is 0 Å². The zero-order valence-electron chi connectivity index (χ0n) is 18.9. The minimum Gasteiger partial charge on any atom is -0.402 e. The average molecular weight is 428 g/mol. The second kappa shape index (κ2) is 9.25. The SMILES string of the molecule is C[Si](C)(C)OC(c1ccccc1)(c1ccccc1)[C@@H]1CCCN1/C=C/c1ccccc1. The van der Waals surface area contributed by atoms with Crippen LogP contribution in [0.25, 0.3) is 6.08 Å². The Morgan fingerprint density at radius 3 is 1.84 bits per heavy atom. The van der Waals surface area contributed by atoms with Gasteiger partial charge in [0, 0.05) is 12.7 Å². The molecule has 0 aromatic heterocycles. The molecule has 0 amide bonds. The molecule has 0 saturated carbocycles. The maximum absolute atomic E-state index is 7.23. The van der Waals surface area contributed by atoms with Crippen LogP contribution in [0.15, 0.2) is 97.2 Å². The summed E-state index contributed by atoms with van der Waals surface area (Å²) in [5, 5.41) is 0. The quantitative estimate of drug-likeness (QED) is 0.380. The first-order valence-electron chi connectivity index (χ1n) is 11.3. The van der Waals surface area contributed by atoms with Crippen molar-refractivity contribution in [3.8, 4) is 0 Å². The Morgan fingerprint density at radius 2 is 1.32 bits per heavy atom. The molecule has 1 fully saturated rings. The number of likely N-dealkylation sites (tertiary alicyclic amines) is 1. The third-order valence-corrected chi connectivity index (χ3v) is 6.83. The monoisotopic (exact) mass is 427 g/mol. The van der Waals surface area contributed by atoms with Gasteiger partial charge in [-0.3, -0.25) is 0 Å². The fourth-order valence-electron chi connectivity index (χ4n) is 4.74. The standard InChI is InChI=1S/C28H33NOSi/c1-31(2,3)30-28(25-16-9-5-10-17-25,26-18-11-6-12-19-26)27-20-13-22-29(27)23-21-24-14-7-4-8-15-24/h4-12,14-19,21,23,27H,13,20,22H2,1-3H3/b23-21+/t27-/m0/s1. The molecule has 1 aliphatic rings. The van der Waals surface area contributed by atoms with Gasteiger partial charge in [-0.1, -0.05) is 91.0 Å². The molecular weight excluding hydrogens is 394 g/mol. The first kappa shape index (κ1) is 21.6. The maximum atomic E-state index is 7.23. The molecule has 1 heterocycles. The highest BCUT2D eigenvalue weighted by Crippen LogP contribution is 2.45. The highest BCUT2D eigenvalue weighted by atomic mass is 28.4. The van der Waals surface area contributed by atoms with E-state index in [1.54, 1.807) is 0 Å². The number of hydrogen-bond acceptors (Lipinski definition) is 2. The molecule has 0 unspecified atom stereocenters. The normalized spacial score (nSPS) is 17.4. The molecular formula is C28H33NOSi. The molecule has 3 heteroatoms. The molecule has 1 aliphatic heterocycles. The van der Waals surface area contributed by atoms with Crippen molar-refractivity contribution in [3.63, 3.8) is 0 Å². The van der Waals surface area contributed by atoms with Crippen molar-refractivity contribution in [1.82, 2.24) is 4.90 Å². The van der Waals surface area contributed by atoms with Crippen LogP contribution in [0.1, 0.15) is 29.5 Å². The predicted molar refractivity (Wildman–Crippen MR) is 133 cm³/mol. The molecule has 1 atom stereocenters. The molecule has 3 aromatic carbocycles. The van der Waals surface area contributed by atoms with Crippen LogP contribution in [-0.4, -0.2) is 25.8 Å². The lowest BCUT2D eigenvalue weighted by molar-refractivity contribution is 0.0287. The summed E-state index contributed by atoms with van der Waals surface area (Å²) in [4.78, 5) is 2.51. The van der Waals surface area contributed by atoms with E-state index in [4.69, 9.17) is 4.43 Å². The van der Waals surface area contributed by atoms with E-state index in [9.17, 15) is 0 Å². The van der Waals surface area contributed by atoms with Gasteiger partial charge < -0.3 is 9.33 Å². The molecule has 3 aromatic rings. The fraction of sp³-hybridized carbons (Fsp3) is 0.286. The lowest BCUT2D eigenvalue weighted by atomic mass is 9.79. The Balaban J connectivity index is 1.84. The van der Waals surface area contributed by atoms with Crippen molar-refractivity contribution in [2.45, 2.75) is 44.1 Å². The van der Waals surface area contributed by atoms with Crippen molar-refractivity contribution < 1.29 is 4.43 Å². The number of hydrogen-bond donors (Lipinski definition) is 0. The Bertz CT molecular complexity index is 940. The fourth-order valence-corrected chi connectivity index (χ4v) is 6.08. The third kappa shape index (κ3) is 4.84. The summed E-state index contributed by atoms with van der Waals surface area (Å²) in [5.41, 5.74) is 3.22. The van der Waals surface area contributed by atoms with Crippen molar-refractivity contribution in [1.29, 1.82) is 0 Å². The van der Waals surface area contributed by atoms with E-state index in [1.165, 1.54) is 23.1 Å². The van der Waals surface area contributed by atoms with Crippen LogP contribution >= 0.6 is 0 Å². The number of nitrogens with zero attached hydrogens (tertiary/aromatic N) is 1. The van der Waals surface area contributed by atoms with Crippen LogP contribution < -0.4 is 0 Å². The van der Waals surface area contributed by atoms with Crippen LogP contribution in [0.2, 0.25) is 19.6 Å². The van der Waals surface area contributed by atoms with Gasteiger partial charge in [-0.05, 0) is 55.2 Å². The zero-order valence-corrected chi connectivity index (χ0v) is 19.9. The van der Waals surface area contributed by atoms with Gasteiger partial charge in [-0.2, -0.15) is 0 Å². The molecule has 1 saturated heterocycles. The summed E-state index contributed by atoms with van der Waals surface area (Å²) in [7, 11) is -1.89. The van der Waals surface area contributed by atoms with E-state index >= 15 is 0 Å². The molecule has 4 rings (SSSR count). The smallest absolute Gasteiger partial charge is 0.185 e. The van der Waals surface area contributed by atoms with Crippen molar-refractivity contribution in [2.24, 2.45) is 0 Å². The topological polar surface area (TPSA) is 12.5 Å². The first-order valence-corrected chi connectivity index (χ1v) is 14.7. The second-order valence-electron chi connectivity index (χ2n) is 9.30. The van der Waals surface area contributed by atoms with Gasteiger partial charge in [0.2, 0.25) is 0 Å². The van der Waals surface area contributed by atoms with Crippen LogP contribution in [-0.2, 0) is 10.0 Å².